The van der Waals surface area contributed by atoms with E-state index in [1.54, 1.807) is 6.92 Å². The zero-order valence-electron chi connectivity index (χ0n) is 10.7. The summed E-state index contributed by atoms with van der Waals surface area (Å²) in [6.45, 7) is 3.70. The van der Waals surface area contributed by atoms with E-state index in [4.69, 9.17) is 16.3 Å². The van der Waals surface area contributed by atoms with Gasteiger partial charge in [0.05, 0.1) is 11.1 Å². The lowest BCUT2D eigenvalue weighted by molar-refractivity contribution is 0.198. The molecule has 0 aliphatic rings. The fourth-order valence-corrected chi connectivity index (χ4v) is 2.69. The van der Waals surface area contributed by atoms with Gasteiger partial charge in [0.2, 0.25) is 0 Å². The average Bonchev–Trinajstić information content (AvgIpc) is 2.32. The minimum absolute atomic E-state index is 0.522. The molecule has 0 saturated carbocycles. The van der Waals surface area contributed by atoms with Crippen LogP contribution in [-0.2, 0) is 0 Å². The molecule has 1 atom stereocenters. The Bertz CT molecular complexity index is 597. The van der Waals surface area contributed by atoms with Crippen molar-refractivity contribution in [3.8, 4) is 11.5 Å². The van der Waals surface area contributed by atoms with Gasteiger partial charge in [-0.25, -0.2) is 0 Å². The lowest BCUT2D eigenvalue weighted by Crippen LogP contribution is -1.93. The normalized spacial score (nSPS) is 12.3. The molecular weight excluding hydrogens is 328 g/mol. The van der Waals surface area contributed by atoms with Crippen LogP contribution in [0.4, 0.5) is 0 Å². The predicted octanol–water partition coefficient (Wildman–Crippen LogP) is 5.26. The number of benzene rings is 2. The highest BCUT2D eigenvalue weighted by Crippen LogP contribution is 2.33. The van der Waals surface area contributed by atoms with Crippen molar-refractivity contribution in [1.29, 1.82) is 0 Å². The minimum Gasteiger partial charge on any atom is -0.456 e. The molecule has 0 aromatic heterocycles. The minimum atomic E-state index is -0.522. The van der Waals surface area contributed by atoms with Crippen molar-refractivity contribution in [3.05, 3.63) is 57.0 Å². The van der Waals surface area contributed by atoms with Gasteiger partial charge in [0.25, 0.3) is 0 Å². The first-order valence-corrected chi connectivity index (χ1v) is 7.06. The third kappa shape index (κ3) is 3.50. The highest BCUT2D eigenvalue weighted by Gasteiger charge is 2.09. The first-order valence-electron chi connectivity index (χ1n) is 5.89. The largest absolute Gasteiger partial charge is 0.456 e. The lowest BCUT2D eigenvalue weighted by atomic mass is 10.1. The third-order valence-electron chi connectivity index (χ3n) is 2.74. The molecule has 1 N–H and O–H groups in total. The number of rotatable bonds is 3. The maximum atomic E-state index is 9.57. The second kappa shape index (κ2) is 5.95. The van der Waals surface area contributed by atoms with E-state index in [2.05, 4.69) is 15.9 Å². The van der Waals surface area contributed by atoms with Gasteiger partial charge in [-0.2, -0.15) is 0 Å². The SMILES string of the molecule is Cc1ccc(Oc2ccc(C(C)O)c(Br)c2)c(Cl)c1. The molecule has 2 aromatic carbocycles. The summed E-state index contributed by atoms with van der Waals surface area (Å²) in [5.41, 5.74) is 1.91. The molecule has 19 heavy (non-hydrogen) atoms. The van der Waals surface area contributed by atoms with E-state index in [0.717, 1.165) is 15.6 Å². The Balaban J connectivity index is 2.26. The van der Waals surface area contributed by atoms with Crippen LogP contribution in [0.1, 0.15) is 24.2 Å². The van der Waals surface area contributed by atoms with Crippen LogP contribution >= 0.6 is 27.5 Å². The zero-order chi connectivity index (χ0) is 14.0. The first kappa shape index (κ1) is 14.4. The van der Waals surface area contributed by atoms with E-state index in [9.17, 15) is 5.11 Å². The van der Waals surface area contributed by atoms with E-state index in [-0.39, 0.29) is 0 Å². The number of aliphatic hydroxyl groups is 1. The summed E-state index contributed by atoms with van der Waals surface area (Å²) in [5, 5.41) is 10.1. The molecule has 2 nitrogen and oxygen atoms in total. The van der Waals surface area contributed by atoms with Gasteiger partial charge in [-0.05, 0) is 49.2 Å². The summed E-state index contributed by atoms with van der Waals surface area (Å²) in [7, 11) is 0. The van der Waals surface area contributed by atoms with Gasteiger partial charge in [-0.3, -0.25) is 0 Å². The van der Waals surface area contributed by atoms with Gasteiger partial charge in [0.15, 0.2) is 0 Å². The van der Waals surface area contributed by atoms with E-state index in [1.165, 1.54) is 0 Å². The number of hydrogen-bond donors (Lipinski definition) is 1. The van der Waals surface area contributed by atoms with Crippen molar-refractivity contribution < 1.29 is 9.84 Å². The molecule has 0 aliphatic heterocycles. The smallest absolute Gasteiger partial charge is 0.146 e. The molecule has 0 aliphatic carbocycles. The van der Waals surface area contributed by atoms with E-state index < -0.39 is 6.10 Å². The Kier molecular flexibility index (Phi) is 4.50. The number of aryl methyl sites for hydroxylation is 1. The fourth-order valence-electron chi connectivity index (χ4n) is 1.73. The number of aliphatic hydroxyl groups excluding tert-OH is 1. The molecule has 2 aromatic rings. The van der Waals surface area contributed by atoms with Gasteiger partial charge in [0.1, 0.15) is 11.5 Å². The number of hydrogen-bond acceptors (Lipinski definition) is 2. The highest BCUT2D eigenvalue weighted by molar-refractivity contribution is 9.10. The first-order chi connectivity index (χ1) is 8.97. The molecule has 0 spiro atoms. The van der Waals surface area contributed by atoms with Gasteiger partial charge >= 0.3 is 0 Å². The maximum Gasteiger partial charge on any atom is 0.146 e. The molecule has 0 heterocycles. The monoisotopic (exact) mass is 340 g/mol. The van der Waals surface area contributed by atoms with Crippen LogP contribution in [0.2, 0.25) is 5.02 Å². The van der Waals surface area contributed by atoms with Gasteiger partial charge < -0.3 is 9.84 Å². The van der Waals surface area contributed by atoms with Crippen molar-refractivity contribution in [3.63, 3.8) is 0 Å². The predicted molar refractivity (Wildman–Crippen MR) is 81.0 cm³/mol. The van der Waals surface area contributed by atoms with Gasteiger partial charge in [-0.1, -0.05) is 39.7 Å². The van der Waals surface area contributed by atoms with Crippen LogP contribution in [0.5, 0.6) is 11.5 Å². The molecule has 0 amide bonds. The van der Waals surface area contributed by atoms with Crippen molar-refractivity contribution in [1.82, 2.24) is 0 Å². The molecule has 0 fully saturated rings. The summed E-state index contributed by atoms with van der Waals surface area (Å²) in [4.78, 5) is 0. The van der Waals surface area contributed by atoms with Crippen LogP contribution in [0.25, 0.3) is 0 Å². The summed E-state index contributed by atoms with van der Waals surface area (Å²) >= 11 is 9.54. The van der Waals surface area contributed by atoms with Crippen LogP contribution < -0.4 is 4.74 Å². The van der Waals surface area contributed by atoms with Crippen molar-refractivity contribution in [2.24, 2.45) is 0 Å². The Morgan fingerprint density at radius 1 is 1.21 bits per heavy atom. The van der Waals surface area contributed by atoms with Crippen LogP contribution in [0.15, 0.2) is 40.9 Å². The second-order valence-corrected chi connectivity index (χ2v) is 5.66. The van der Waals surface area contributed by atoms with Crippen LogP contribution in [-0.4, -0.2) is 5.11 Å². The summed E-state index contributed by atoms with van der Waals surface area (Å²) < 4.78 is 6.54. The molecule has 4 heteroatoms. The Hall–Kier alpha value is -1.03. The third-order valence-corrected chi connectivity index (χ3v) is 3.72. The topological polar surface area (TPSA) is 29.5 Å². The van der Waals surface area contributed by atoms with Crippen LogP contribution in [0, 0.1) is 6.92 Å². The molecule has 100 valence electrons. The average molecular weight is 342 g/mol. The molecular formula is C15H14BrClO2. The van der Waals surface area contributed by atoms with Crippen LogP contribution in [0.3, 0.4) is 0 Å². The van der Waals surface area contributed by atoms with Crippen molar-refractivity contribution in [2.45, 2.75) is 20.0 Å². The van der Waals surface area contributed by atoms with Gasteiger partial charge in [0, 0.05) is 4.47 Å². The summed E-state index contributed by atoms with van der Waals surface area (Å²) in [6.07, 6.45) is -0.522. The van der Waals surface area contributed by atoms with E-state index in [1.807, 2.05) is 43.3 Å². The zero-order valence-corrected chi connectivity index (χ0v) is 13.0. The fraction of sp³-hybridized carbons (Fsp3) is 0.200. The Morgan fingerprint density at radius 2 is 1.95 bits per heavy atom. The van der Waals surface area contributed by atoms with Crippen molar-refractivity contribution >= 4 is 27.5 Å². The molecule has 2 rings (SSSR count). The lowest BCUT2D eigenvalue weighted by Gasteiger charge is -2.11. The van der Waals surface area contributed by atoms with Crippen molar-refractivity contribution in [2.75, 3.05) is 0 Å². The number of ether oxygens (including phenoxy) is 1. The molecule has 1 unspecified atom stereocenters. The quantitative estimate of drug-likeness (QED) is 0.825. The standard InChI is InChI=1S/C15H14BrClO2/c1-9-3-6-15(14(17)7-9)19-11-4-5-12(10(2)18)13(16)8-11/h3-8,10,18H,1-2H3. The second-order valence-electron chi connectivity index (χ2n) is 4.40. The molecule has 0 radical (unpaired) electrons. The van der Waals surface area contributed by atoms with E-state index >= 15 is 0 Å². The summed E-state index contributed by atoms with van der Waals surface area (Å²) in [6, 6.07) is 11.1. The summed E-state index contributed by atoms with van der Waals surface area (Å²) in [5.74, 6) is 1.28. The van der Waals surface area contributed by atoms with Gasteiger partial charge in [-0.15, -0.1) is 0 Å². The number of halogens is 2. The Morgan fingerprint density at radius 3 is 2.53 bits per heavy atom. The Labute approximate surface area is 126 Å². The van der Waals surface area contributed by atoms with E-state index in [0.29, 0.717) is 16.5 Å². The highest BCUT2D eigenvalue weighted by atomic mass is 79.9. The maximum absolute atomic E-state index is 9.57. The molecule has 0 bridgehead atoms. The molecule has 0 saturated heterocycles.